The average molecular weight is 381 g/mol. The molecular formula is C14H12IN3S. The molecule has 3 aromatic rings. The maximum Gasteiger partial charge on any atom is 0.138 e. The molecule has 3 rings (SSSR count). The lowest BCUT2D eigenvalue weighted by atomic mass is 10.1. The number of fused-ring (bicyclic) bond motifs is 1. The Morgan fingerprint density at radius 3 is 2.74 bits per heavy atom. The average Bonchev–Trinajstić information content (AvgIpc) is 2.89. The van der Waals surface area contributed by atoms with Crippen molar-refractivity contribution >= 4 is 50.0 Å². The van der Waals surface area contributed by atoms with Crippen LogP contribution in [0, 0.1) is 3.57 Å². The van der Waals surface area contributed by atoms with Crippen molar-refractivity contribution in [3.63, 3.8) is 0 Å². The van der Waals surface area contributed by atoms with Crippen LogP contribution in [-0.2, 0) is 0 Å². The molecule has 5 heteroatoms. The molecule has 0 aliphatic rings. The Kier molecular flexibility index (Phi) is 3.65. The van der Waals surface area contributed by atoms with Gasteiger partial charge in [-0.25, -0.2) is 9.97 Å². The Morgan fingerprint density at radius 2 is 1.95 bits per heavy atom. The van der Waals surface area contributed by atoms with E-state index in [9.17, 15) is 0 Å². The van der Waals surface area contributed by atoms with Crippen LogP contribution in [0.25, 0.3) is 10.2 Å². The van der Waals surface area contributed by atoms with Crippen molar-refractivity contribution in [1.29, 1.82) is 0 Å². The number of halogens is 1. The predicted molar refractivity (Wildman–Crippen MR) is 88.6 cm³/mol. The molecule has 0 unspecified atom stereocenters. The third-order valence-corrected chi connectivity index (χ3v) is 4.52. The molecule has 0 spiro atoms. The molecule has 0 aliphatic heterocycles. The number of anilines is 1. The summed E-state index contributed by atoms with van der Waals surface area (Å²) >= 11 is 3.95. The summed E-state index contributed by atoms with van der Waals surface area (Å²) in [5, 5.41) is 6.59. The van der Waals surface area contributed by atoms with Gasteiger partial charge in [-0.15, -0.1) is 11.3 Å². The number of nitrogens with zero attached hydrogens (tertiary/aromatic N) is 2. The molecule has 19 heavy (non-hydrogen) atoms. The van der Waals surface area contributed by atoms with Gasteiger partial charge in [-0.3, -0.25) is 0 Å². The molecule has 1 N–H and O–H groups in total. The highest BCUT2D eigenvalue weighted by Crippen LogP contribution is 2.27. The molecule has 2 heterocycles. The Hall–Kier alpha value is -1.21. The second-order valence-electron chi connectivity index (χ2n) is 4.28. The summed E-state index contributed by atoms with van der Waals surface area (Å²) in [6.07, 6.45) is 1.61. The van der Waals surface area contributed by atoms with Crippen molar-refractivity contribution in [1.82, 2.24) is 9.97 Å². The van der Waals surface area contributed by atoms with E-state index in [1.165, 1.54) is 9.13 Å². The van der Waals surface area contributed by atoms with Crippen LogP contribution in [0.15, 0.2) is 42.0 Å². The van der Waals surface area contributed by atoms with E-state index in [-0.39, 0.29) is 6.04 Å². The van der Waals surface area contributed by atoms with Crippen molar-refractivity contribution in [3.8, 4) is 0 Å². The quantitative estimate of drug-likeness (QED) is 0.681. The molecule has 0 saturated carbocycles. The molecule has 0 amide bonds. The number of thiophene rings is 1. The monoisotopic (exact) mass is 381 g/mol. The Morgan fingerprint density at radius 1 is 1.16 bits per heavy atom. The van der Waals surface area contributed by atoms with E-state index in [1.807, 2.05) is 5.38 Å². The van der Waals surface area contributed by atoms with Crippen LogP contribution in [0.1, 0.15) is 18.5 Å². The van der Waals surface area contributed by atoms with Crippen molar-refractivity contribution < 1.29 is 0 Å². The van der Waals surface area contributed by atoms with E-state index in [1.54, 1.807) is 17.7 Å². The highest BCUT2D eigenvalue weighted by atomic mass is 127. The molecular weight excluding hydrogens is 369 g/mol. The van der Waals surface area contributed by atoms with Crippen molar-refractivity contribution in [2.45, 2.75) is 13.0 Å². The fourth-order valence-electron chi connectivity index (χ4n) is 1.94. The first kappa shape index (κ1) is 12.8. The van der Waals surface area contributed by atoms with Gasteiger partial charge in [0.2, 0.25) is 0 Å². The molecule has 1 aromatic carbocycles. The number of rotatable bonds is 3. The molecule has 0 saturated heterocycles. The van der Waals surface area contributed by atoms with Crippen molar-refractivity contribution in [3.05, 3.63) is 51.2 Å². The lowest BCUT2D eigenvalue weighted by Gasteiger charge is -2.15. The first-order valence-electron chi connectivity index (χ1n) is 5.94. The van der Waals surface area contributed by atoms with Gasteiger partial charge in [0.1, 0.15) is 17.0 Å². The van der Waals surface area contributed by atoms with Gasteiger partial charge in [0.15, 0.2) is 0 Å². The second kappa shape index (κ2) is 5.42. The van der Waals surface area contributed by atoms with Crippen LogP contribution >= 0.6 is 33.9 Å². The topological polar surface area (TPSA) is 37.8 Å². The normalized spacial score (nSPS) is 12.5. The third-order valence-electron chi connectivity index (χ3n) is 2.98. The number of hydrogen-bond donors (Lipinski definition) is 1. The minimum atomic E-state index is 0.218. The lowest BCUT2D eigenvalue weighted by Crippen LogP contribution is -2.08. The number of nitrogens with one attached hydrogen (secondary N) is 1. The third kappa shape index (κ3) is 2.71. The first-order chi connectivity index (χ1) is 9.24. The van der Waals surface area contributed by atoms with Crippen molar-refractivity contribution in [2.75, 3.05) is 5.32 Å². The van der Waals surface area contributed by atoms with Crippen LogP contribution in [0.2, 0.25) is 0 Å². The molecule has 0 aliphatic carbocycles. The summed E-state index contributed by atoms with van der Waals surface area (Å²) in [5.74, 6) is 0.900. The minimum Gasteiger partial charge on any atom is -0.363 e. The van der Waals surface area contributed by atoms with Gasteiger partial charge in [0.05, 0.1) is 5.39 Å². The van der Waals surface area contributed by atoms with E-state index in [4.69, 9.17) is 0 Å². The SMILES string of the molecule is C[C@H](Nc1ncnc2sccc12)c1ccc(I)cc1. The summed E-state index contributed by atoms with van der Waals surface area (Å²) in [6, 6.07) is 10.8. The summed E-state index contributed by atoms with van der Waals surface area (Å²) in [5.41, 5.74) is 1.25. The minimum absolute atomic E-state index is 0.218. The second-order valence-corrected chi connectivity index (χ2v) is 6.42. The van der Waals surface area contributed by atoms with Gasteiger partial charge in [-0.1, -0.05) is 12.1 Å². The van der Waals surface area contributed by atoms with Gasteiger partial charge in [-0.05, 0) is 58.7 Å². The highest BCUT2D eigenvalue weighted by Gasteiger charge is 2.09. The molecule has 0 radical (unpaired) electrons. The predicted octanol–water partition coefficient (Wildman–Crippen LogP) is 4.47. The fraction of sp³-hybridized carbons (Fsp3) is 0.143. The van der Waals surface area contributed by atoms with E-state index in [2.05, 4.69) is 75.1 Å². The van der Waals surface area contributed by atoms with E-state index >= 15 is 0 Å². The first-order valence-corrected chi connectivity index (χ1v) is 7.90. The largest absolute Gasteiger partial charge is 0.363 e. The molecule has 0 fully saturated rings. The smallest absolute Gasteiger partial charge is 0.138 e. The van der Waals surface area contributed by atoms with Crippen LogP contribution in [0.4, 0.5) is 5.82 Å². The van der Waals surface area contributed by atoms with Crippen LogP contribution < -0.4 is 5.32 Å². The van der Waals surface area contributed by atoms with E-state index < -0.39 is 0 Å². The Balaban J connectivity index is 1.88. The molecule has 96 valence electrons. The van der Waals surface area contributed by atoms with Gasteiger partial charge in [-0.2, -0.15) is 0 Å². The highest BCUT2D eigenvalue weighted by molar-refractivity contribution is 14.1. The van der Waals surface area contributed by atoms with E-state index in [0.29, 0.717) is 0 Å². The van der Waals surface area contributed by atoms with E-state index in [0.717, 1.165) is 16.0 Å². The van der Waals surface area contributed by atoms with Crippen LogP contribution in [0.3, 0.4) is 0 Å². The van der Waals surface area contributed by atoms with Gasteiger partial charge in [0.25, 0.3) is 0 Å². The summed E-state index contributed by atoms with van der Waals surface area (Å²) in [7, 11) is 0. The zero-order valence-corrected chi connectivity index (χ0v) is 13.3. The lowest BCUT2D eigenvalue weighted by molar-refractivity contribution is 0.875. The van der Waals surface area contributed by atoms with Gasteiger partial charge >= 0.3 is 0 Å². The zero-order valence-electron chi connectivity index (χ0n) is 10.3. The Bertz CT molecular complexity index is 693. The standard InChI is InChI=1S/C14H12IN3S/c1-9(10-2-4-11(15)5-3-10)18-13-12-6-7-19-14(12)17-8-16-13/h2-9H,1H3,(H,16,17,18)/t9-/m0/s1. The van der Waals surface area contributed by atoms with Gasteiger partial charge < -0.3 is 5.32 Å². The summed E-state index contributed by atoms with van der Waals surface area (Å²) in [4.78, 5) is 9.63. The number of aromatic nitrogens is 2. The number of hydrogen-bond acceptors (Lipinski definition) is 4. The number of benzene rings is 1. The molecule has 1 atom stereocenters. The summed E-state index contributed by atoms with van der Waals surface area (Å²) < 4.78 is 1.25. The van der Waals surface area contributed by atoms with Crippen LogP contribution in [0.5, 0.6) is 0 Å². The maximum absolute atomic E-state index is 4.35. The molecule has 0 bridgehead atoms. The van der Waals surface area contributed by atoms with Crippen molar-refractivity contribution in [2.24, 2.45) is 0 Å². The van der Waals surface area contributed by atoms with Gasteiger partial charge in [0, 0.05) is 9.61 Å². The molecule has 3 nitrogen and oxygen atoms in total. The maximum atomic E-state index is 4.35. The fourth-order valence-corrected chi connectivity index (χ4v) is 3.04. The Labute approximate surface area is 129 Å². The van der Waals surface area contributed by atoms with Crippen LogP contribution in [-0.4, -0.2) is 9.97 Å². The zero-order chi connectivity index (χ0) is 13.2. The molecule has 2 aromatic heterocycles. The summed E-state index contributed by atoms with van der Waals surface area (Å²) in [6.45, 7) is 2.14.